The van der Waals surface area contributed by atoms with Crippen molar-refractivity contribution in [2.45, 2.75) is 32.3 Å². The van der Waals surface area contributed by atoms with Gasteiger partial charge in [0, 0.05) is 18.7 Å². The molecule has 0 bridgehead atoms. The summed E-state index contributed by atoms with van der Waals surface area (Å²) in [7, 11) is 0. The van der Waals surface area contributed by atoms with Gasteiger partial charge >= 0.3 is 0 Å². The molecule has 0 unspecified atom stereocenters. The highest BCUT2D eigenvalue weighted by Gasteiger charge is 2.24. The Bertz CT molecular complexity index is 380. The van der Waals surface area contributed by atoms with Crippen LogP contribution in [0.15, 0.2) is 18.2 Å². The average Bonchev–Trinajstić information content (AvgIpc) is 2.11. The van der Waals surface area contributed by atoms with Gasteiger partial charge in [0.05, 0.1) is 0 Å². The van der Waals surface area contributed by atoms with Gasteiger partial charge in [-0.05, 0) is 23.6 Å². The minimum Gasteiger partial charge on any atom is -0.487 e. The van der Waals surface area contributed by atoms with E-state index in [1.54, 1.807) is 12.1 Å². The topological polar surface area (TPSA) is 21.3 Å². The number of rotatable bonds is 2. The van der Waals surface area contributed by atoms with Gasteiger partial charge in [-0.15, -0.1) is 0 Å². The van der Waals surface area contributed by atoms with E-state index in [0.717, 1.165) is 24.4 Å². The third kappa shape index (κ3) is 2.35. The Hall–Kier alpha value is -1.09. The van der Waals surface area contributed by atoms with Crippen LogP contribution in [-0.2, 0) is 5.41 Å². The Morgan fingerprint density at radius 1 is 1.31 bits per heavy atom. The molecule has 0 atom stereocenters. The van der Waals surface area contributed by atoms with E-state index in [0.29, 0.717) is 0 Å². The number of hydrogen-bond donors (Lipinski definition) is 1. The Morgan fingerprint density at radius 3 is 2.50 bits per heavy atom. The summed E-state index contributed by atoms with van der Waals surface area (Å²) in [6.45, 7) is 7.94. The van der Waals surface area contributed by atoms with Gasteiger partial charge in [0.15, 0.2) is 0 Å². The van der Waals surface area contributed by atoms with Crippen molar-refractivity contribution in [3.63, 3.8) is 0 Å². The van der Waals surface area contributed by atoms with Crippen molar-refractivity contribution in [2.24, 2.45) is 0 Å². The molecule has 0 amide bonds. The van der Waals surface area contributed by atoms with Crippen molar-refractivity contribution >= 4 is 0 Å². The first-order valence-corrected chi connectivity index (χ1v) is 5.64. The molecule has 1 N–H and O–H groups in total. The second-order valence-electron chi connectivity index (χ2n) is 5.29. The second kappa shape index (κ2) is 4.06. The number of halogens is 1. The van der Waals surface area contributed by atoms with Crippen LogP contribution < -0.4 is 10.1 Å². The first kappa shape index (κ1) is 11.4. The van der Waals surface area contributed by atoms with Gasteiger partial charge in [-0.2, -0.15) is 0 Å². The lowest BCUT2D eigenvalue weighted by molar-refractivity contribution is 0.139. The first-order valence-electron chi connectivity index (χ1n) is 5.64. The monoisotopic (exact) mass is 223 g/mol. The molecule has 1 fully saturated rings. The fraction of sp³-hybridized carbons (Fsp3) is 0.538. The predicted molar refractivity (Wildman–Crippen MR) is 62.4 cm³/mol. The molecule has 1 aliphatic rings. The second-order valence-corrected chi connectivity index (χ2v) is 5.29. The SMILES string of the molecule is CC(C)(C)c1cc(F)ccc1OC1CNC1. The van der Waals surface area contributed by atoms with E-state index < -0.39 is 0 Å². The van der Waals surface area contributed by atoms with Crippen LogP contribution in [0.2, 0.25) is 0 Å². The molecule has 1 heterocycles. The minimum absolute atomic E-state index is 0.103. The normalized spacial score (nSPS) is 17.0. The Morgan fingerprint density at radius 2 is 2.00 bits per heavy atom. The van der Waals surface area contributed by atoms with E-state index in [2.05, 4.69) is 26.1 Å². The van der Waals surface area contributed by atoms with Crippen molar-refractivity contribution in [1.29, 1.82) is 0 Å². The van der Waals surface area contributed by atoms with Gasteiger partial charge in [0.1, 0.15) is 17.7 Å². The van der Waals surface area contributed by atoms with E-state index in [4.69, 9.17) is 4.74 Å². The molecule has 0 spiro atoms. The largest absolute Gasteiger partial charge is 0.487 e. The van der Waals surface area contributed by atoms with Crippen molar-refractivity contribution in [1.82, 2.24) is 5.32 Å². The Balaban J connectivity index is 2.28. The van der Waals surface area contributed by atoms with Crippen molar-refractivity contribution in [3.05, 3.63) is 29.6 Å². The molecule has 0 saturated carbocycles. The maximum Gasteiger partial charge on any atom is 0.123 e. The molecule has 0 radical (unpaired) electrons. The van der Waals surface area contributed by atoms with Gasteiger partial charge < -0.3 is 10.1 Å². The van der Waals surface area contributed by atoms with Crippen LogP contribution in [0.1, 0.15) is 26.3 Å². The summed E-state index contributed by atoms with van der Waals surface area (Å²) in [5.41, 5.74) is 0.827. The highest BCUT2D eigenvalue weighted by Crippen LogP contribution is 2.32. The lowest BCUT2D eigenvalue weighted by Gasteiger charge is -2.31. The Labute approximate surface area is 95.8 Å². The molecule has 2 nitrogen and oxygen atoms in total. The van der Waals surface area contributed by atoms with Crippen molar-refractivity contribution < 1.29 is 9.13 Å². The van der Waals surface area contributed by atoms with Crippen molar-refractivity contribution in [2.75, 3.05) is 13.1 Å². The van der Waals surface area contributed by atoms with Crippen LogP contribution in [0.3, 0.4) is 0 Å². The minimum atomic E-state index is -0.205. The molecule has 0 aliphatic carbocycles. The molecule has 16 heavy (non-hydrogen) atoms. The highest BCUT2D eigenvalue weighted by molar-refractivity contribution is 5.39. The summed E-state index contributed by atoms with van der Waals surface area (Å²) in [5.74, 6) is 0.601. The number of benzene rings is 1. The van der Waals surface area contributed by atoms with Crippen LogP contribution in [-0.4, -0.2) is 19.2 Å². The molecule has 1 aliphatic heterocycles. The summed E-state index contributed by atoms with van der Waals surface area (Å²) in [6, 6.07) is 4.76. The molecule has 1 aromatic carbocycles. The molecule has 1 saturated heterocycles. The maximum absolute atomic E-state index is 13.2. The van der Waals surface area contributed by atoms with E-state index in [1.807, 2.05) is 0 Å². The number of ether oxygens (including phenoxy) is 1. The van der Waals surface area contributed by atoms with E-state index in [9.17, 15) is 4.39 Å². The van der Waals surface area contributed by atoms with Crippen LogP contribution in [0.4, 0.5) is 4.39 Å². The fourth-order valence-corrected chi connectivity index (χ4v) is 1.72. The van der Waals surface area contributed by atoms with E-state index in [1.165, 1.54) is 6.07 Å². The van der Waals surface area contributed by atoms with E-state index in [-0.39, 0.29) is 17.3 Å². The standard InChI is InChI=1S/C13H18FNO/c1-13(2,3)11-6-9(14)4-5-12(11)16-10-7-15-8-10/h4-6,10,15H,7-8H2,1-3H3. The molecule has 1 aromatic rings. The number of hydrogen-bond acceptors (Lipinski definition) is 2. The average molecular weight is 223 g/mol. The smallest absolute Gasteiger partial charge is 0.123 e. The van der Waals surface area contributed by atoms with Gasteiger partial charge in [0.25, 0.3) is 0 Å². The summed E-state index contributed by atoms with van der Waals surface area (Å²) < 4.78 is 19.1. The lowest BCUT2D eigenvalue weighted by Crippen LogP contribution is -2.50. The van der Waals surface area contributed by atoms with Crippen LogP contribution in [0.25, 0.3) is 0 Å². The Kier molecular flexibility index (Phi) is 2.89. The van der Waals surface area contributed by atoms with Gasteiger partial charge in [0.2, 0.25) is 0 Å². The summed E-state index contributed by atoms with van der Waals surface area (Å²) >= 11 is 0. The zero-order valence-corrected chi connectivity index (χ0v) is 10.0. The predicted octanol–water partition coefficient (Wildman–Crippen LogP) is 2.47. The van der Waals surface area contributed by atoms with E-state index >= 15 is 0 Å². The third-order valence-electron chi connectivity index (χ3n) is 2.79. The quantitative estimate of drug-likeness (QED) is 0.831. The van der Waals surface area contributed by atoms with Crippen LogP contribution in [0, 0.1) is 5.82 Å². The molecular formula is C13H18FNO. The molecular weight excluding hydrogens is 205 g/mol. The lowest BCUT2D eigenvalue weighted by atomic mass is 9.86. The van der Waals surface area contributed by atoms with Gasteiger partial charge in [-0.3, -0.25) is 0 Å². The highest BCUT2D eigenvalue weighted by atomic mass is 19.1. The molecule has 2 rings (SSSR count). The molecule has 0 aromatic heterocycles. The van der Waals surface area contributed by atoms with Crippen LogP contribution >= 0.6 is 0 Å². The summed E-state index contributed by atoms with van der Waals surface area (Å²) in [6.07, 6.45) is 0.228. The van der Waals surface area contributed by atoms with Crippen molar-refractivity contribution in [3.8, 4) is 5.75 Å². The fourth-order valence-electron chi connectivity index (χ4n) is 1.72. The maximum atomic E-state index is 13.2. The molecule has 88 valence electrons. The van der Waals surface area contributed by atoms with Gasteiger partial charge in [-0.1, -0.05) is 20.8 Å². The zero-order chi connectivity index (χ0) is 11.8. The van der Waals surface area contributed by atoms with Gasteiger partial charge in [-0.25, -0.2) is 4.39 Å². The van der Waals surface area contributed by atoms with Crippen LogP contribution in [0.5, 0.6) is 5.75 Å². The molecule has 3 heteroatoms. The number of nitrogens with one attached hydrogen (secondary N) is 1. The third-order valence-corrected chi connectivity index (χ3v) is 2.79. The zero-order valence-electron chi connectivity index (χ0n) is 10.0. The summed E-state index contributed by atoms with van der Waals surface area (Å²) in [4.78, 5) is 0. The summed E-state index contributed by atoms with van der Waals surface area (Å²) in [5, 5.41) is 3.15. The first-order chi connectivity index (χ1) is 7.47.